The summed E-state index contributed by atoms with van der Waals surface area (Å²) in [4.78, 5) is 31.2. The van der Waals surface area contributed by atoms with Crippen molar-refractivity contribution < 1.29 is 18.8 Å². The largest absolute Gasteiger partial charge is 0.473 e. The molecule has 0 bridgehead atoms. The fraction of sp³-hybridized carbons (Fsp3) is 0.391. The quantitative estimate of drug-likeness (QED) is 0.626. The molecule has 3 heterocycles. The van der Waals surface area contributed by atoms with Gasteiger partial charge >= 0.3 is 0 Å². The standard InChI is InChI=1S/C23H26N4O4/c1-14(2)30-21-11-16(31-26-21)7-8-22(28)27-10-9-15(13-27)20-12-18(23(24)29)17-5-3-4-6-19(17)25-20/h3-6,11-12,14-15H,7-10,13H2,1-2H3,(H2,24,29)/t15-/m0/s1. The highest BCUT2D eigenvalue weighted by atomic mass is 16.5. The van der Waals surface area contributed by atoms with Crippen LogP contribution in [0.5, 0.6) is 5.88 Å². The van der Waals surface area contributed by atoms with E-state index >= 15 is 0 Å². The van der Waals surface area contributed by atoms with Gasteiger partial charge in [-0.05, 0) is 37.6 Å². The van der Waals surface area contributed by atoms with Gasteiger partial charge in [0.1, 0.15) is 5.76 Å². The highest BCUT2D eigenvalue weighted by Crippen LogP contribution is 2.29. The van der Waals surface area contributed by atoms with Crippen molar-refractivity contribution in [3.05, 3.63) is 53.4 Å². The van der Waals surface area contributed by atoms with Gasteiger partial charge in [-0.3, -0.25) is 14.6 Å². The summed E-state index contributed by atoms with van der Waals surface area (Å²) in [7, 11) is 0. The van der Waals surface area contributed by atoms with Crippen LogP contribution in [-0.2, 0) is 11.2 Å². The molecule has 31 heavy (non-hydrogen) atoms. The number of nitrogens with two attached hydrogens (primary N) is 1. The van der Waals surface area contributed by atoms with Gasteiger partial charge in [0.25, 0.3) is 5.88 Å². The Hall–Kier alpha value is -3.42. The maximum Gasteiger partial charge on any atom is 0.254 e. The van der Waals surface area contributed by atoms with Crippen molar-refractivity contribution in [2.45, 2.75) is 45.1 Å². The number of rotatable bonds is 7. The highest BCUT2D eigenvalue weighted by Gasteiger charge is 2.29. The third-order valence-corrected chi connectivity index (χ3v) is 5.44. The first kappa shape index (κ1) is 20.8. The van der Waals surface area contributed by atoms with E-state index in [0.29, 0.717) is 43.1 Å². The minimum atomic E-state index is -0.473. The Bertz CT molecular complexity index is 1110. The zero-order chi connectivity index (χ0) is 22.0. The summed E-state index contributed by atoms with van der Waals surface area (Å²) in [6, 6.07) is 11.0. The summed E-state index contributed by atoms with van der Waals surface area (Å²) in [5, 5.41) is 4.61. The van der Waals surface area contributed by atoms with Gasteiger partial charge in [-0.15, -0.1) is 0 Å². The van der Waals surface area contributed by atoms with Crippen molar-refractivity contribution >= 4 is 22.7 Å². The molecule has 2 N–H and O–H groups in total. The molecule has 1 saturated heterocycles. The first-order valence-electron chi connectivity index (χ1n) is 10.5. The summed E-state index contributed by atoms with van der Waals surface area (Å²) in [6.45, 7) is 5.06. The molecule has 0 aliphatic carbocycles. The fourth-order valence-corrected chi connectivity index (χ4v) is 3.93. The van der Waals surface area contributed by atoms with E-state index in [1.165, 1.54) is 0 Å². The maximum absolute atomic E-state index is 12.7. The summed E-state index contributed by atoms with van der Waals surface area (Å²) in [6.07, 6.45) is 1.61. The first-order valence-corrected chi connectivity index (χ1v) is 10.5. The molecule has 0 saturated carbocycles. The number of fused-ring (bicyclic) bond motifs is 1. The molecule has 4 rings (SSSR count). The van der Waals surface area contributed by atoms with E-state index in [4.69, 9.17) is 20.0 Å². The minimum Gasteiger partial charge on any atom is -0.473 e. The van der Waals surface area contributed by atoms with Crippen LogP contribution >= 0.6 is 0 Å². The van der Waals surface area contributed by atoms with Crippen molar-refractivity contribution in [1.29, 1.82) is 0 Å². The first-order chi connectivity index (χ1) is 14.9. The average molecular weight is 422 g/mol. The van der Waals surface area contributed by atoms with Gasteiger partial charge in [-0.2, -0.15) is 0 Å². The molecule has 1 fully saturated rings. The molecular weight excluding hydrogens is 396 g/mol. The summed E-state index contributed by atoms with van der Waals surface area (Å²) in [5.74, 6) is 0.719. The molecule has 1 aromatic carbocycles. The number of carbonyl (C=O) groups is 2. The number of benzene rings is 1. The normalized spacial score (nSPS) is 16.2. The highest BCUT2D eigenvalue weighted by molar-refractivity contribution is 6.05. The number of amides is 2. The van der Waals surface area contributed by atoms with Crippen LogP contribution in [0.1, 0.15) is 54.4 Å². The molecule has 3 aromatic rings. The lowest BCUT2D eigenvalue weighted by Gasteiger charge is -2.17. The summed E-state index contributed by atoms with van der Waals surface area (Å²) >= 11 is 0. The molecule has 0 spiro atoms. The third kappa shape index (κ3) is 4.68. The molecule has 0 unspecified atom stereocenters. The predicted molar refractivity (Wildman–Crippen MR) is 115 cm³/mol. The van der Waals surface area contributed by atoms with Crippen LogP contribution in [0, 0.1) is 0 Å². The molecular formula is C23H26N4O4. The van der Waals surface area contributed by atoms with Gasteiger partial charge in [0.2, 0.25) is 11.8 Å². The lowest BCUT2D eigenvalue weighted by molar-refractivity contribution is -0.130. The molecule has 8 heteroatoms. The lowest BCUT2D eigenvalue weighted by atomic mass is 9.99. The number of hydrogen-bond donors (Lipinski definition) is 1. The molecule has 2 amide bonds. The Labute approximate surface area is 180 Å². The topological polar surface area (TPSA) is 112 Å². The lowest BCUT2D eigenvalue weighted by Crippen LogP contribution is -2.28. The Morgan fingerprint density at radius 2 is 2.10 bits per heavy atom. The molecule has 0 radical (unpaired) electrons. The zero-order valence-electron chi connectivity index (χ0n) is 17.7. The molecule has 1 aliphatic heterocycles. The van der Waals surface area contributed by atoms with E-state index in [0.717, 1.165) is 23.0 Å². The SMILES string of the molecule is CC(C)Oc1cc(CCC(=O)N2CC[C@H](c3cc(C(N)=O)c4ccccc4n3)C2)on1. The van der Waals surface area contributed by atoms with Gasteiger partial charge in [-0.25, -0.2) is 0 Å². The Morgan fingerprint density at radius 1 is 1.29 bits per heavy atom. The second-order valence-corrected chi connectivity index (χ2v) is 8.10. The number of hydrogen-bond acceptors (Lipinski definition) is 6. The maximum atomic E-state index is 12.7. The number of aryl methyl sites for hydroxylation is 1. The van der Waals surface area contributed by atoms with Crippen LogP contribution in [0.4, 0.5) is 0 Å². The Balaban J connectivity index is 1.40. The number of likely N-dealkylation sites (tertiary alicyclic amines) is 1. The van der Waals surface area contributed by atoms with E-state index in [1.807, 2.05) is 43.0 Å². The smallest absolute Gasteiger partial charge is 0.254 e. The van der Waals surface area contributed by atoms with Crippen molar-refractivity contribution in [1.82, 2.24) is 15.0 Å². The van der Waals surface area contributed by atoms with Gasteiger partial charge < -0.3 is 19.9 Å². The van der Waals surface area contributed by atoms with Gasteiger partial charge in [0.15, 0.2) is 0 Å². The van der Waals surface area contributed by atoms with Crippen LogP contribution in [0.15, 0.2) is 40.9 Å². The van der Waals surface area contributed by atoms with E-state index in [-0.39, 0.29) is 17.9 Å². The van der Waals surface area contributed by atoms with Crippen LogP contribution in [-0.4, -0.2) is 46.0 Å². The Kier molecular flexibility index (Phi) is 5.88. The number of aromatic nitrogens is 2. The Morgan fingerprint density at radius 3 is 2.87 bits per heavy atom. The van der Waals surface area contributed by atoms with Crippen LogP contribution in [0.2, 0.25) is 0 Å². The zero-order valence-corrected chi connectivity index (χ0v) is 17.7. The minimum absolute atomic E-state index is 0.0138. The second-order valence-electron chi connectivity index (χ2n) is 8.10. The second kappa shape index (κ2) is 8.75. The van der Waals surface area contributed by atoms with Gasteiger partial charge in [-0.1, -0.05) is 18.2 Å². The molecule has 2 aromatic heterocycles. The summed E-state index contributed by atoms with van der Waals surface area (Å²) in [5.41, 5.74) is 7.60. The fourth-order valence-electron chi connectivity index (χ4n) is 3.93. The van der Waals surface area contributed by atoms with Crippen molar-refractivity contribution in [3.8, 4) is 5.88 Å². The number of pyridine rings is 1. The van der Waals surface area contributed by atoms with Crippen LogP contribution < -0.4 is 10.5 Å². The van der Waals surface area contributed by atoms with Crippen molar-refractivity contribution in [3.63, 3.8) is 0 Å². The monoisotopic (exact) mass is 422 g/mol. The van der Waals surface area contributed by atoms with Crippen LogP contribution in [0.3, 0.4) is 0 Å². The van der Waals surface area contributed by atoms with E-state index in [2.05, 4.69) is 5.16 Å². The van der Waals surface area contributed by atoms with E-state index in [9.17, 15) is 9.59 Å². The van der Waals surface area contributed by atoms with Gasteiger partial charge in [0.05, 0.1) is 17.2 Å². The van der Waals surface area contributed by atoms with Crippen molar-refractivity contribution in [2.24, 2.45) is 5.73 Å². The summed E-state index contributed by atoms with van der Waals surface area (Å²) < 4.78 is 10.7. The number of ether oxygens (including phenoxy) is 1. The number of para-hydroxylation sites is 1. The number of nitrogens with zero attached hydrogens (tertiary/aromatic N) is 3. The van der Waals surface area contributed by atoms with E-state index < -0.39 is 5.91 Å². The molecule has 162 valence electrons. The van der Waals surface area contributed by atoms with E-state index in [1.54, 1.807) is 12.1 Å². The van der Waals surface area contributed by atoms with Crippen molar-refractivity contribution in [2.75, 3.05) is 13.1 Å². The molecule has 8 nitrogen and oxygen atoms in total. The number of primary amides is 1. The average Bonchev–Trinajstić information content (AvgIpc) is 3.40. The molecule has 1 atom stereocenters. The third-order valence-electron chi connectivity index (χ3n) is 5.44. The van der Waals surface area contributed by atoms with Crippen LogP contribution in [0.25, 0.3) is 10.9 Å². The number of carbonyl (C=O) groups excluding carboxylic acids is 2. The van der Waals surface area contributed by atoms with Gasteiger partial charge in [0, 0.05) is 49.0 Å². The molecule has 1 aliphatic rings. The predicted octanol–water partition coefficient (Wildman–Crippen LogP) is 3.06.